The third-order valence-corrected chi connectivity index (χ3v) is 3.65. The van der Waals surface area contributed by atoms with Crippen LogP contribution in [0.5, 0.6) is 0 Å². The van der Waals surface area contributed by atoms with E-state index in [-0.39, 0.29) is 18.9 Å². The summed E-state index contributed by atoms with van der Waals surface area (Å²) in [5.74, 6) is -2.73. The maximum absolute atomic E-state index is 12.9. The largest absolute Gasteiger partial charge is 0.418 e. The second-order valence-corrected chi connectivity index (χ2v) is 5.76. The minimum atomic E-state index is -4.62. The molecule has 0 bridgehead atoms. The normalized spacial score (nSPS) is 16.3. The zero-order valence-corrected chi connectivity index (χ0v) is 13.9. The number of benzene rings is 1. The molecule has 1 aromatic rings. The van der Waals surface area contributed by atoms with Gasteiger partial charge < -0.3 is 10.2 Å². The number of rotatable bonds is 5. The molecule has 2 N–H and O–H groups in total. The van der Waals surface area contributed by atoms with Crippen LogP contribution in [0, 0.1) is 0 Å². The maximum atomic E-state index is 12.9. The third-order valence-electron chi connectivity index (χ3n) is 3.65. The molecule has 2 rings (SSSR count). The standard InChI is InChI=1S/C15H15F3N4O4/c1-20(8-22-13(25)12(24)21(2)14(22)26)7-11(23)19-10-6-4-3-5-9(10)15(16,17)18/h3-6H,7-8H2,1-2H3,(H,19,23)/p+1. The number of urea groups is 1. The number of amides is 5. The van der Waals surface area contributed by atoms with Crippen LogP contribution in [0.4, 0.5) is 23.7 Å². The van der Waals surface area contributed by atoms with E-state index in [4.69, 9.17) is 0 Å². The lowest BCUT2D eigenvalue weighted by molar-refractivity contribution is -0.878. The van der Waals surface area contributed by atoms with Gasteiger partial charge in [0.2, 0.25) is 0 Å². The topological polar surface area (TPSA) is 91.2 Å². The van der Waals surface area contributed by atoms with Crippen molar-refractivity contribution in [2.45, 2.75) is 6.18 Å². The average Bonchev–Trinajstić information content (AvgIpc) is 2.72. The Bertz CT molecular complexity index is 766. The fourth-order valence-electron chi connectivity index (χ4n) is 2.39. The van der Waals surface area contributed by atoms with Crippen LogP contribution < -0.4 is 10.2 Å². The van der Waals surface area contributed by atoms with Crippen molar-refractivity contribution in [1.29, 1.82) is 0 Å². The monoisotopic (exact) mass is 373 g/mol. The van der Waals surface area contributed by atoms with Crippen LogP contribution in [0.15, 0.2) is 24.3 Å². The molecule has 0 spiro atoms. The zero-order valence-electron chi connectivity index (χ0n) is 13.9. The Morgan fingerprint density at radius 2 is 1.77 bits per heavy atom. The van der Waals surface area contributed by atoms with Crippen LogP contribution in [0.1, 0.15) is 5.56 Å². The first kappa shape index (κ1) is 19.4. The number of carbonyl (C=O) groups is 4. The maximum Gasteiger partial charge on any atom is 0.418 e. The molecule has 1 aromatic carbocycles. The number of hydrogen-bond acceptors (Lipinski definition) is 4. The number of hydrogen-bond donors (Lipinski definition) is 2. The van der Waals surface area contributed by atoms with Crippen molar-refractivity contribution < 1.29 is 37.2 Å². The Balaban J connectivity index is 2.00. The summed E-state index contributed by atoms with van der Waals surface area (Å²) in [6, 6.07) is 3.70. The zero-order chi connectivity index (χ0) is 19.6. The highest BCUT2D eigenvalue weighted by atomic mass is 19.4. The van der Waals surface area contributed by atoms with Gasteiger partial charge in [-0.15, -0.1) is 0 Å². The SMILES string of the molecule is CN1C(=O)C(=O)N(C[NH+](C)CC(=O)Nc2ccccc2C(F)(F)F)C1=O. The number of halogens is 3. The first-order valence-electron chi connectivity index (χ1n) is 7.43. The van der Waals surface area contributed by atoms with E-state index in [0.717, 1.165) is 19.2 Å². The lowest BCUT2D eigenvalue weighted by Gasteiger charge is -2.19. The molecule has 1 heterocycles. The van der Waals surface area contributed by atoms with Crippen LogP contribution in [-0.2, 0) is 20.6 Å². The first-order chi connectivity index (χ1) is 12.0. The summed E-state index contributed by atoms with van der Waals surface area (Å²) in [6.07, 6.45) is -4.62. The van der Waals surface area contributed by atoms with Gasteiger partial charge in [-0.1, -0.05) is 12.1 Å². The molecular formula is C15H16F3N4O4+. The number of imide groups is 2. The van der Waals surface area contributed by atoms with E-state index in [1.165, 1.54) is 19.2 Å². The lowest BCUT2D eigenvalue weighted by atomic mass is 10.1. The molecule has 8 nitrogen and oxygen atoms in total. The molecule has 1 unspecified atom stereocenters. The number of quaternary nitrogens is 1. The van der Waals surface area contributed by atoms with E-state index in [1.54, 1.807) is 0 Å². The number of anilines is 1. The number of likely N-dealkylation sites (N-methyl/N-ethyl adjacent to an activating group) is 2. The van der Waals surface area contributed by atoms with Crippen molar-refractivity contribution in [3.63, 3.8) is 0 Å². The highest BCUT2D eigenvalue weighted by Gasteiger charge is 2.43. The van der Waals surface area contributed by atoms with Gasteiger partial charge in [0, 0.05) is 7.05 Å². The second kappa shape index (κ2) is 7.12. The van der Waals surface area contributed by atoms with Crippen LogP contribution in [0.3, 0.4) is 0 Å². The number of para-hydroxylation sites is 1. The van der Waals surface area contributed by atoms with Gasteiger partial charge >= 0.3 is 24.0 Å². The molecule has 140 valence electrons. The lowest BCUT2D eigenvalue weighted by Crippen LogP contribution is -3.11. The van der Waals surface area contributed by atoms with Gasteiger partial charge in [0.15, 0.2) is 13.2 Å². The van der Waals surface area contributed by atoms with Crippen LogP contribution >= 0.6 is 0 Å². The number of alkyl halides is 3. The fourth-order valence-corrected chi connectivity index (χ4v) is 2.39. The van der Waals surface area contributed by atoms with Crippen LogP contribution in [0.25, 0.3) is 0 Å². The minimum absolute atomic E-state index is 0.276. The summed E-state index contributed by atoms with van der Waals surface area (Å²) in [5.41, 5.74) is -1.37. The molecule has 0 radical (unpaired) electrons. The van der Waals surface area contributed by atoms with Gasteiger partial charge in [-0.05, 0) is 12.1 Å². The van der Waals surface area contributed by atoms with Gasteiger partial charge in [-0.25, -0.2) is 9.69 Å². The Labute approximate surface area is 146 Å². The number of nitrogens with zero attached hydrogens (tertiary/aromatic N) is 2. The molecule has 1 aliphatic heterocycles. The van der Waals surface area contributed by atoms with Gasteiger partial charge in [-0.3, -0.25) is 19.3 Å². The predicted octanol–water partition coefficient (Wildman–Crippen LogP) is -0.463. The molecule has 26 heavy (non-hydrogen) atoms. The molecule has 0 aromatic heterocycles. The summed E-state index contributed by atoms with van der Waals surface area (Å²) >= 11 is 0. The molecule has 5 amide bonds. The van der Waals surface area contributed by atoms with Crippen LogP contribution in [0.2, 0.25) is 0 Å². The van der Waals surface area contributed by atoms with Gasteiger partial charge in [0.1, 0.15) is 0 Å². The highest BCUT2D eigenvalue weighted by Crippen LogP contribution is 2.34. The average molecular weight is 373 g/mol. The quantitative estimate of drug-likeness (QED) is 0.540. The van der Waals surface area contributed by atoms with E-state index in [0.29, 0.717) is 14.7 Å². The van der Waals surface area contributed by atoms with E-state index >= 15 is 0 Å². The second-order valence-electron chi connectivity index (χ2n) is 5.76. The predicted molar refractivity (Wildman–Crippen MR) is 81.7 cm³/mol. The van der Waals surface area contributed by atoms with Crippen molar-refractivity contribution in [2.75, 3.05) is 32.6 Å². The summed E-state index contributed by atoms with van der Waals surface area (Å²) in [7, 11) is 2.61. The smallest absolute Gasteiger partial charge is 0.321 e. The molecule has 1 atom stereocenters. The molecule has 0 aliphatic carbocycles. The summed E-state index contributed by atoms with van der Waals surface area (Å²) in [6.45, 7) is -0.594. The Kier molecular flexibility index (Phi) is 5.30. The van der Waals surface area contributed by atoms with Crippen molar-refractivity contribution >= 4 is 29.4 Å². The van der Waals surface area contributed by atoms with Crippen molar-refractivity contribution in [3.05, 3.63) is 29.8 Å². The van der Waals surface area contributed by atoms with Crippen LogP contribution in [-0.4, -0.2) is 60.9 Å². The van der Waals surface area contributed by atoms with Gasteiger partial charge in [-0.2, -0.15) is 13.2 Å². The van der Waals surface area contributed by atoms with Crippen molar-refractivity contribution in [3.8, 4) is 0 Å². The van der Waals surface area contributed by atoms with E-state index in [2.05, 4.69) is 5.32 Å². The Morgan fingerprint density at radius 3 is 2.31 bits per heavy atom. The highest BCUT2D eigenvalue weighted by molar-refractivity contribution is 6.44. The minimum Gasteiger partial charge on any atom is -0.321 e. The molecule has 1 fully saturated rings. The molecule has 0 saturated carbocycles. The molecule has 1 aliphatic rings. The van der Waals surface area contributed by atoms with E-state index in [9.17, 15) is 32.3 Å². The van der Waals surface area contributed by atoms with Crippen molar-refractivity contribution in [2.24, 2.45) is 0 Å². The summed E-state index contributed by atoms with van der Waals surface area (Å²) in [5, 5.41) is 2.17. The van der Waals surface area contributed by atoms with Crippen molar-refractivity contribution in [1.82, 2.24) is 9.80 Å². The summed E-state index contributed by atoms with van der Waals surface area (Å²) in [4.78, 5) is 48.5. The molecule has 11 heteroatoms. The van der Waals surface area contributed by atoms with Gasteiger partial charge in [0.05, 0.1) is 18.3 Å². The number of nitrogens with one attached hydrogen (secondary N) is 2. The fraction of sp³-hybridized carbons (Fsp3) is 0.333. The molecule has 1 saturated heterocycles. The first-order valence-corrected chi connectivity index (χ1v) is 7.43. The van der Waals surface area contributed by atoms with E-state index in [1.807, 2.05) is 0 Å². The number of carbonyl (C=O) groups excluding carboxylic acids is 4. The summed E-state index contributed by atoms with van der Waals surface area (Å²) < 4.78 is 38.7. The van der Waals surface area contributed by atoms with Gasteiger partial charge in [0.25, 0.3) is 5.91 Å². The Hall–Kier alpha value is -2.95. The van der Waals surface area contributed by atoms with E-state index < -0.39 is 35.5 Å². The Morgan fingerprint density at radius 1 is 1.15 bits per heavy atom. The molecular weight excluding hydrogens is 357 g/mol. The third kappa shape index (κ3) is 3.99.